The third kappa shape index (κ3) is 3.20. The highest BCUT2D eigenvalue weighted by Gasteiger charge is 2.34. The summed E-state index contributed by atoms with van der Waals surface area (Å²) in [6.45, 7) is 2.82. The van der Waals surface area contributed by atoms with Crippen LogP contribution in [0.1, 0.15) is 19.8 Å². The average Bonchev–Trinajstić information content (AvgIpc) is 2.27. The van der Waals surface area contributed by atoms with E-state index in [9.17, 15) is 8.42 Å². The molecule has 7 heteroatoms. The molecule has 1 aliphatic heterocycles. The Labute approximate surface area is 118 Å². The number of anilines is 1. The van der Waals surface area contributed by atoms with Gasteiger partial charge in [-0.25, -0.2) is 13.1 Å². The van der Waals surface area contributed by atoms with Gasteiger partial charge in [0.05, 0.1) is 22.9 Å². The van der Waals surface area contributed by atoms with Crippen LogP contribution in [0, 0.1) is 0 Å². The lowest BCUT2D eigenvalue weighted by molar-refractivity contribution is 0.0386. The molecule has 0 bridgehead atoms. The fourth-order valence-corrected chi connectivity index (χ4v) is 4.30. The highest BCUT2D eigenvalue weighted by Crippen LogP contribution is 2.29. The van der Waals surface area contributed by atoms with Crippen molar-refractivity contribution >= 4 is 27.3 Å². The largest absolute Gasteiger partial charge is 0.398 e. The van der Waals surface area contributed by atoms with E-state index in [1.807, 2.05) is 6.92 Å². The lowest BCUT2D eigenvalue weighted by Gasteiger charge is -2.34. The minimum Gasteiger partial charge on any atom is -0.398 e. The minimum absolute atomic E-state index is 0.0662. The van der Waals surface area contributed by atoms with Gasteiger partial charge in [0.2, 0.25) is 10.0 Å². The lowest BCUT2D eigenvalue weighted by Crippen LogP contribution is -2.51. The number of benzene rings is 1. The molecule has 2 rings (SSSR count). The van der Waals surface area contributed by atoms with Crippen LogP contribution in [0.4, 0.5) is 5.69 Å². The monoisotopic (exact) mass is 304 g/mol. The molecule has 5 nitrogen and oxygen atoms in total. The normalized spacial score (nSPS) is 24.3. The zero-order chi connectivity index (χ0) is 14.1. The third-order valence-electron chi connectivity index (χ3n) is 3.08. The Balaban J connectivity index is 2.33. The zero-order valence-electron chi connectivity index (χ0n) is 10.6. The first-order valence-electron chi connectivity index (χ1n) is 6.00. The van der Waals surface area contributed by atoms with Crippen LogP contribution in [0.25, 0.3) is 0 Å². The van der Waals surface area contributed by atoms with E-state index in [0.29, 0.717) is 13.2 Å². The number of sulfonamides is 1. The summed E-state index contributed by atoms with van der Waals surface area (Å²) in [6.07, 6.45) is 1.54. The molecule has 0 aliphatic carbocycles. The number of hydrogen-bond donors (Lipinski definition) is 2. The van der Waals surface area contributed by atoms with Crippen molar-refractivity contribution < 1.29 is 13.2 Å². The summed E-state index contributed by atoms with van der Waals surface area (Å²) in [5, 5.41) is 0.118. The molecule has 0 radical (unpaired) electrons. The van der Waals surface area contributed by atoms with Crippen molar-refractivity contribution in [2.24, 2.45) is 0 Å². The number of halogens is 1. The van der Waals surface area contributed by atoms with Gasteiger partial charge in [0.1, 0.15) is 4.90 Å². The summed E-state index contributed by atoms with van der Waals surface area (Å²) < 4.78 is 32.8. The summed E-state index contributed by atoms with van der Waals surface area (Å²) in [7, 11) is -3.77. The maximum absolute atomic E-state index is 12.4. The van der Waals surface area contributed by atoms with E-state index in [4.69, 9.17) is 22.1 Å². The Kier molecular flexibility index (Phi) is 4.06. The van der Waals surface area contributed by atoms with Crippen molar-refractivity contribution in [3.05, 3.63) is 23.2 Å². The fourth-order valence-electron chi connectivity index (χ4n) is 2.20. The van der Waals surface area contributed by atoms with Crippen LogP contribution in [0.3, 0.4) is 0 Å². The van der Waals surface area contributed by atoms with Crippen molar-refractivity contribution in [2.45, 2.75) is 30.2 Å². The molecule has 1 aromatic rings. The Morgan fingerprint density at radius 3 is 2.79 bits per heavy atom. The van der Waals surface area contributed by atoms with Crippen LogP contribution in [0.2, 0.25) is 5.02 Å². The Bertz CT molecular complexity index is 548. The molecular weight excluding hydrogens is 288 g/mol. The second kappa shape index (κ2) is 5.28. The molecule has 1 aromatic carbocycles. The maximum Gasteiger partial charge on any atom is 0.244 e. The summed E-state index contributed by atoms with van der Waals surface area (Å²) in [6, 6.07) is 4.63. The van der Waals surface area contributed by atoms with Gasteiger partial charge in [0.15, 0.2) is 0 Å². The third-order valence-corrected chi connectivity index (χ3v) is 5.27. The quantitative estimate of drug-likeness (QED) is 0.834. The van der Waals surface area contributed by atoms with Crippen LogP contribution < -0.4 is 10.5 Å². The van der Waals surface area contributed by atoms with E-state index in [1.165, 1.54) is 12.1 Å². The Hall–Kier alpha value is -0.820. The minimum atomic E-state index is -3.77. The summed E-state index contributed by atoms with van der Waals surface area (Å²) in [4.78, 5) is -0.0662. The predicted octanol–water partition coefficient (Wildman–Crippen LogP) is 1.77. The van der Waals surface area contributed by atoms with Crippen LogP contribution in [-0.4, -0.2) is 27.2 Å². The topological polar surface area (TPSA) is 81.4 Å². The second-order valence-corrected chi connectivity index (χ2v) is 7.01. The smallest absolute Gasteiger partial charge is 0.244 e. The van der Waals surface area contributed by atoms with Crippen molar-refractivity contribution in [1.29, 1.82) is 0 Å². The van der Waals surface area contributed by atoms with Gasteiger partial charge in [0, 0.05) is 6.61 Å². The Morgan fingerprint density at radius 1 is 1.47 bits per heavy atom. The molecule has 1 heterocycles. The number of rotatable bonds is 3. The molecular formula is C12H17ClN2O3S. The number of hydrogen-bond acceptors (Lipinski definition) is 4. The summed E-state index contributed by atoms with van der Waals surface area (Å²) in [5.41, 5.74) is 5.24. The van der Waals surface area contributed by atoms with Crippen LogP contribution in [0.15, 0.2) is 23.1 Å². The lowest BCUT2D eigenvalue weighted by atomic mass is 9.97. The first kappa shape index (κ1) is 14.6. The number of nitrogens with two attached hydrogens (primary N) is 1. The Morgan fingerprint density at radius 2 is 2.21 bits per heavy atom. The molecule has 106 valence electrons. The van der Waals surface area contributed by atoms with Crippen LogP contribution >= 0.6 is 11.6 Å². The average molecular weight is 305 g/mol. The van der Waals surface area contributed by atoms with Gasteiger partial charge in [-0.3, -0.25) is 0 Å². The van der Waals surface area contributed by atoms with Crippen molar-refractivity contribution in [3.8, 4) is 0 Å². The van der Waals surface area contributed by atoms with Gasteiger partial charge in [-0.15, -0.1) is 0 Å². The summed E-state index contributed by atoms with van der Waals surface area (Å²) >= 11 is 5.95. The molecule has 0 spiro atoms. The first-order valence-corrected chi connectivity index (χ1v) is 7.86. The molecule has 1 unspecified atom stereocenters. The summed E-state index contributed by atoms with van der Waals surface area (Å²) in [5.74, 6) is 0. The molecule has 1 fully saturated rings. The van der Waals surface area contributed by atoms with E-state index >= 15 is 0 Å². The number of nitrogens with one attached hydrogen (secondary N) is 1. The highest BCUT2D eigenvalue weighted by atomic mass is 35.5. The first-order chi connectivity index (χ1) is 8.84. The molecule has 0 aromatic heterocycles. The van der Waals surface area contributed by atoms with Gasteiger partial charge in [-0.1, -0.05) is 17.7 Å². The van der Waals surface area contributed by atoms with E-state index in [-0.39, 0.29) is 15.6 Å². The second-order valence-electron chi connectivity index (χ2n) is 4.98. The fraction of sp³-hybridized carbons (Fsp3) is 0.500. The molecule has 3 N–H and O–H groups in total. The van der Waals surface area contributed by atoms with E-state index in [2.05, 4.69) is 4.72 Å². The number of nitrogen functional groups attached to an aromatic ring is 1. The van der Waals surface area contributed by atoms with Crippen molar-refractivity contribution in [2.75, 3.05) is 18.9 Å². The maximum atomic E-state index is 12.4. The highest BCUT2D eigenvalue weighted by molar-refractivity contribution is 7.89. The molecule has 1 atom stereocenters. The van der Waals surface area contributed by atoms with Crippen molar-refractivity contribution in [1.82, 2.24) is 4.72 Å². The van der Waals surface area contributed by atoms with E-state index < -0.39 is 15.6 Å². The van der Waals surface area contributed by atoms with Crippen LogP contribution in [0.5, 0.6) is 0 Å². The molecule has 0 saturated carbocycles. The predicted molar refractivity (Wildman–Crippen MR) is 74.6 cm³/mol. The molecule has 1 aliphatic rings. The SMILES string of the molecule is CC1(NS(=O)(=O)c2c(N)cccc2Cl)CCCOC1. The van der Waals surface area contributed by atoms with Gasteiger partial charge in [-0.2, -0.15) is 0 Å². The standard InChI is InChI=1S/C12H17ClN2O3S/c1-12(6-3-7-18-8-12)15-19(16,17)11-9(13)4-2-5-10(11)14/h2,4-5,15H,3,6-8,14H2,1H3. The number of ether oxygens (including phenoxy) is 1. The van der Waals surface area contributed by atoms with Gasteiger partial charge < -0.3 is 10.5 Å². The zero-order valence-corrected chi connectivity index (χ0v) is 12.2. The van der Waals surface area contributed by atoms with Crippen molar-refractivity contribution in [3.63, 3.8) is 0 Å². The molecule has 0 amide bonds. The van der Waals surface area contributed by atoms with Crippen LogP contribution in [-0.2, 0) is 14.8 Å². The van der Waals surface area contributed by atoms with E-state index in [1.54, 1.807) is 6.07 Å². The van der Waals surface area contributed by atoms with Gasteiger partial charge in [0.25, 0.3) is 0 Å². The van der Waals surface area contributed by atoms with Gasteiger partial charge in [-0.05, 0) is 31.9 Å². The molecule has 1 saturated heterocycles. The van der Waals surface area contributed by atoms with E-state index in [0.717, 1.165) is 12.8 Å². The molecule has 19 heavy (non-hydrogen) atoms. The van der Waals surface area contributed by atoms with Gasteiger partial charge >= 0.3 is 0 Å².